The number of alkyl halides is 1. The summed E-state index contributed by atoms with van der Waals surface area (Å²) < 4.78 is 17.0. The highest BCUT2D eigenvalue weighted by Crippen LogP contribution is 2.11. The molecule has 0 aromatic heterocycles. The van der Waals surface area contributed by atoms with Crippen molar-refractivity contribution in [3.05, 3.63) is 29.8 Å². The van der Waals surface area contributed by atoms with Crippen LogP contribution in [0.2, 0.25) is 0 Å². The smallest absolute Gasteiger partial charge is 0.407 e. The molecule has 1 atom stereocenters. The standard InChI is InChI=1S/C11H14FNO3.CO2/c1-16-11(15)13-9(7-12)6-8-2-4-10(14)5-3-8;2-1-3/h2-5,9,14H,6-7H2,1H3,(H,13,15);. The number of rotatable bonds is 4. The van der Waals surface area contributed by atoms with Gasteiger partial charge in [-0.05, 0) is 24.1 Å². The fourth-order valence-electron chi connectivity index (χ4n) is 1.29. The average molecular weight is 271 g/mol. The van der Waals surface area contributed by atoms with Crippen LogP contribution in [0, 0.1) is 0 Å². The molecule has 1 amide bonds. The van der Waals surface area contributed by atoms with Crippen LogP contribution >= 0.6 is 0 Å². The second-order valence-corrected chi connectivity index (χ2v) is 3.44. The minimum absolute atomic E-state index is 0.154. The molecule has 1 unspecified atom stereocenters. The lowest BCUT2D eigenvalue weighted by molar-refractivity contribution is -0.191. The van der Waals surface area contributed by atoms with Crippen molar-refractivity contribution in [3.63, 3.8) is 0 Å². The number of benzene rings is 1. The molecule has 0 radical (unpaired) electrons. The SMILES string of the molecule is COC(=O)NC(CF)Cc1ccc(O)cc1.O=C=O. The summed E-state index contributed by atoms with van der Waals surface area (Å²) in [6, 6.07) is 5.77. The van der Waals surface area contributed by atoms with Crippen molar-refractivity contribution >= 4 is 12.2 Å². The molecule has 0 aliphatic heterocycles. The molecule has 0 saturated heterocycles. The van der Waals surface area contributed by atoms with Crippen LogP contribution in [0.15, 0.2) is 24.3 Å². The van der Waals surface area contributed by atoms with E-state index in [4.69, 9.17) is 14.7 Å². The van der Waals surface area contributed by atoms with Crippen LogP contribution in [-0.4, -0.2) is 37.2 Å². The first-order chi connectivity index (χ1) is 9.07. The highest BCUT2D eigenvalue weighted by Gasteiger charge is 2.12. The lowest BCUT2D eigenvalue weighted by Gasteiger charge is -2.14. The van der Waals surface area contributed by atoms with E-state index in [2.05, 4.69) is 10.1 Å². The Hall–Kier alpha value is -2.40. The zero-order chi connectivity index (χ0) is 14.7. The fourth-order valence-corrected chi connectivity index (χ4v) is 1.29. The van der Waals surface area contributed by atoms with E-state index in [1.165, 1.54) is 19.2 Å². The summed E-state index contributed by atoms with van der Waals surface area (Å²) in [5, 5.41) is 11.4. The largest absolute Gasteiger partial charge is 0.508 e. The summed E-state index contributed by atoms with van der Waals surface area (Å²) in [7, 11) is 1.23. The Labute approximate surface area is 109 Å². The number of carbonyl (C=O) groups is 1. The first-order valence-corrected chi connectivity index (χ1v) is 5.25. The Morgan fingerprint density at radius 1 is 1.42 bits per heavy atom. The lowest BCUT2D eigenvalue weighted by atomic mass is 10.1. The van der Waals surface area contributed by atoms with E-state index >= 15 is 0 Å². The Bertz CT molecular complexity index is 415. The summed E-state index contributed by atoms with van der Waals surface area (Å²) in [6.45, 7) is -0.671. The van der Waals surface area contributed by atoms with Gasteiger partial charge in [-0.3, -0.25) is 0 Å². The summed E-state index contributed by atoms with van der Waals surface area (Å²) >= 11 is 0. The molecule has 0 spiro atoms. The van der Waals surface area contributed by atoms with Gasteiger partial charge in [0.15, 0.2) is 0 Å². The van der Waals surface area contributed by atoms with Crippen LogP contribution in [0.4, 0.5) is 9.18 Å². The topological polar surface area (TPSA) is 92.7 Å². The summed E-state index contributed by atoms with van der Waals surface area (Å²) in [6.07, 6.45) is -0.0484. The number of aromatic hydroxyl groups is 1. The van der Waals surface area contributed by atoms with Gasteiger partial charge in [0.1, 0.15) is 12.4 Å². The maximum Gasteiger partial charge on any atom is 0.407 e. The molecule has 0 fully saturated rings. The molecule has 1 aromatic rings. The number of methoxy groups -OCH3 is 1. The van der Waals surface area contributed by atoms with Crippen LogP contribution < -0.4 is 5.32 Å². The van der Waals surface area contributed by atoms with E-state index in [0.717, 1.165) is 5.56 Å². The molecule has 0 aliphatic carbocycles. The second-order valence-electron chi connectivity index (χ2n) is 3.44. The molecule has 7 heteroatoms. The van der Waals surface area contributed by atoms with Gasteiger partial charge in [-0.15, -0.1) is 0 Å². The van der Waals surface area contributed by atoms with E-state index in [0.29, 0.717) is 6.42 Å². The molecular weight excluding hydrogens is 257 g/mol. The number of nitrogens with one attached hydrogen (secondary N) is 1. The molecule has 104 valence electrons. The fraction of sp³-hybridized carbons (Fsp3) is 0.333. The normalized spacial score (nSPS) is 10.4. The maximum absolute atomic E-state index is 12.6. The molecule has 6 nitrogen and oxygen atoms in total. The van der Waals surface area contributed by atoms with Crippen LogP contribution in [0.1, 0.15) is 5.56 Å². The quantitative estimate of drug-likeness (QED) is 0.853. The van der Waals surface area contributed by atoms with Gasteiger partial charge in [0.25, 0.3) is 0 Å². The van der Waals surface area contributed by atoms with E-state index in [1.54, 1.807) is 12.1 Å². The predicted molar refractivity (Wildman–Crippen MR) is 62.1 cm³/mol. The number of halogens is 1. The van der Waals surface area contributed by atoms with E-state index in [9.17, 15) is 9.18 Å². The number of alkyl carbamates (subject to hydrolysis) is 1. The number of carbonyl (C=O) groups excluding carboxylic acids is 3. The maximum atomic E-state index is 12.6. The van der Waals surface area contributed by atoms with Crippen molar-refractivity contribution < 1.29 is 28.6 Å². The highest BCUT2D eigenvalue weighted by molar-refractivity contribution is 5.67. The number of phenols is 1. The number of ether oxygens (including phenoxy) is 1. The lowest BCUT2D eigenvalue weighted by Crippen LogP contribution is -2.37. The van der Waals surface area contributed by atoms with Crippen LogP contribution in [-0.2, 0) is 20.7 Å². The third-order valence-electron chi connectivity index (χ3n) is 2.11. The number of hydrogen-bond donors (Lipinski definition) is 2. The van der Waals surface area contributed by atoms with Gasteiger partial charge in [0.05, 0.1) is 13.2 Å². The Morgan fingerprint density at radius 2 is 1.95 bits per heavy atom. The first-order valence-electron chi connectivity index (χ1n) is 5.25. The first kappa shape index (κ1) is 16.6. The minimum atomic E-state index is -0.671. The van der Waals surface area contributed by atoms with Crippen molar-refractivity contribution in [1.82, 2.24) is 5.32 Å². The second kappa shape index (κ2) is 9.61. The highest BCUT2D eigenvalue weighted by atomic mass is 19.1. The Balaban J connectivity index is 0.000000982. The van der Waals surface area contributed by atoms with Gasteiger partial charge in [-0.2, -0.15) is 9.59 Å². The Morgan fingerprint density at radius 3 is 2.37 bits per heavy atom. The van der Waals surface area contributed by atoms with Crippen molar-refractivity contribution in [1.29, 1.82) is 0 Å². The molecule has 2 N–H and O–H groups in total. The number of amides is 1. The third-order valence-corrected chi connectivity index (χ3v) is 2.11. The average Bonchev–Trinajstić information content (AvgIpc) is 2.41. The van der Waals surface area contributed by atoms with Gasteiger partial charge in [-0.25, -0.2) is 9.18 Å². The summed E-state index contributed by atoms with van der Waals surface area (Å²) in [5.41, 5.74) is 0.830. The predicted octanol–water partition coefficient (Wildman–Crippen LogP) is 1.05. The van der Waals surface area contributed by atoms with Gasteiger partial charge in [0.2, 0.25) is 0 Å². The van der Waals surface area contributed by atoms with Gasteiger partial charge < -0.3 is 15.2 Å². The minimum Gasteiger partial charge on any atom is -0.508 e. The molecule has 0 bridgehead atoms. The zero-order valence-corrected chi connectivity index (χ0v) is 10.3. The zero-order valence-electron chi connectivity index (χ0n) is 10.3. The van der Waals surface area contributed by atoms with Crippen molar-refractivity contribution in [2.45, 2.75) is 12.5 Å². The van der Waals surface area contributed by atoms with Crippen LogP contribution in [0.5, 0.6) is 5.75 Å². The molecular formula is C12H14FNO5. The Kier molecular flexibility index (Phi) is 8.40. The van der Waals surface area contributed by atoms with Gasteiger partial charge >= 0.3 is 12.2 Å². The monoisotopic (exact) mass is 271 g/mol. The van der Waals surface area contributed by atoms with Gasteiger partial charge in [0, 0.05) is 0 Å². The molecule has 19 heavy (non-hydrogen) atoms. The van der Waals surface area contributed by atoms with Crippen molar-refractivity contribution in [2.24, 2.45) is 0 Å². The molecule has 1 rings (SSSR count). The number of phenolic OH excluding ortho intramolecular Hbond substituents is 1. The van der Waals surface area contributed by atoms with Crippen LogP contribution in [0.3, 0.4) is 0 Å². The summed E-state index contributed by atoms with van der Waals surface area (Å²) in [4.78, 5) is 27.1. The van der Waals surface area contributed by atoms with Gasteiger partial charge in [-0.1, -0.05) is 12.1 Å². The third kappa shape index (κ3) is 7.51. The van der Waals surface area contributed by atoms with Crippen LogP contribution in [0.25, 0.3) is 0 Å². The molecule has 0 saturated carbocycles. The van der Waals surface area contributed by atoms with Crippen molar-refractivity contribution in [2.75, 3.05) is 13.8 Å². The molecule has 1 aromatic carbocycles. The summed E-state index contributed by atoms with van der Waals surface area (Å²) in [5.74, 6) is 0.154. The molecule has 0 heterocycles. The van der Waals surface area contributed by atoms with E-state index in [1.807, 2.05) is 0 Å². The van der Waals surface area contributed by atoms with E-state index < -0.39 is 18.8 Å². The molecule has 0 aliphatic rings. The van der Waals surface area contributed by atoms with Crippen molar-refractivity contribution in [3.8, 4) is 5.75 Å². The van der Waals surface area contributed by atoms with E-state index in [-0.39, 0.29) is 11.9 Å². The number of hydrogen-bond acceptors (Lipinski definition) is 5.